The van der Waals surface area contributed by atoms with Gasteiger partial charge in [0.25, 0.3) is 0 Å². The van der Waals surface area contributed by atoms with Crippen LogP contribution in [0.1, 0.15) is 43.4 Å². The Bertz CT molecular complexity index is 593. The Labute approximate surface area is 126 Å². The first-order chi connectivity index (χ1) is 10.3. The third-order valence-electron chi connectivity index (χ3n) is 4.15. The lowest BCUT2D eigenvalue weighted by Crippen LogP contribution is -2.19. The summed E-state index contributed by atoms with van der Waals surface area (Å²) in [5.41, 5.74) is 2.55. The molecule has 0 saturated heterocycles. The lowest BCUT2D eigenvalue weighted by atomic mass is 9.93. The lowest BCUT2D eigenvalue weighted by molar-refractivity contribution is 0.256. The Balaban J connectivity index is 1.73. The van der Waals surface area contributed by atoms with Crippen LogP contribution in [-0.4, -0.2) is 22.9 Å². The van der Waals surface area contributed by atoms with Gasteiger partial charge in [0.2, 0.25) is 0 Å². The maximum absolute atomic E-state index is 5.73. The number of benzene rings is 1. The van der Waals surface area contributed by atoms with Gasteiger partial charge in [0.15, 0.2) is 0 Å². The Morgan fingerprint density at radius 3 is 3.14 bits per heavy atom. The molecule has 0 aliphatic carbocycles. The van der Waals surface area contributed by atoms with Crippen molar-refractivity contribution in [1.82, 2.24) is 15.1 Å². The Morgan fingerprint density at radius 1 is 1.43 bits per heavy atom. The van der Waals surface area contributed by atoms with Crippen LogP contribution in [0.4, 0.5) is 0 Å². The van der Waals surface area contributed by atoms with Gasteiger partial charge < -0.3 is 10.1 Å². The van der Waals surface area contributed by atoms with E-state index >= 15 is 0 Å². The molecule has 0 amide bonds. The molecule has 0 bridgehead atoms. The highest BCUT2D eigenvalue weighted by Crippen LogP contribution is 2.34. The van der Waals surface area contributed by atoms with E-state index in [1.165, 1.54) is 11.1 Å². The van der Waals surface area contributed by atoms with Gasteiger partial charge in [-0.15, -0.1) is 0 Å². The molecule has 4 heteroatoms. The van der Waals surface area contributed by atoms with Gasteiger partial charge in [-0.3, -0.25) is 4.68 Å². The number of fused-ring (bicyclic) bond motifs is 1. The first-order valence-corrected chi connectivity index (χ1v) is 7.75. The van der Waals surface area contributed by atoms with E-state index in [2.05, 4.69) is 53.3 Å². The fourth-order valence-corrected chi connectivity index (χ4v) is 2.96. The monoisotopic (exact) mass is 285 g/mol. The third kappa shape index (κ3) is 3.10. The summed E-state index contributed by atoms with van der Waals surface area (Å²) >= 11 is 0. The van der Waals surface area contributed by atoms with Crippen molar-refractivity contribution in [3.63, 3.8) is 0 Å². The van der Waals surface area contributed by atoms with Crippen LogP contribution in [0.15, 0.2) is 36.7 Å². The standard InChI is InChI=1S/C17H23N3O/c1-3-18-13(2)15-10-19-20(12-15)11-14-8-9-21-17-7-5-4-6-16(14)17/h4-7,10,12-14,18H,3,8-9,11H2,1-2H3. The van der Waals surface area contributed by atoms with E-state index in [4.69, 9.17) is 4.74 Å². The van der Waals surface area contributed by atoms with Gasteiger partial charge in [-0.2, -0.15) is 5.10 Å². The lowest BCUT2D eigenvalue weighted by Gasteiger charge is -2.25. The average molecular weight is 285 g/mol. The number of para-hydroxylation sites is 1. The van der Waals surface area contributed by atoms with Crippen molar-refractivity contribution >= 4 is 0 Å². The quantitative estimate of drug-likeness (QED) is 0.917. The third-order valence-corrected chi connectivity index (χ3v) is 4.15. The van der Waals surface area contributed by atoms with Gasteiger partial charge in [0, 0.05) is 30.3 Å². The minimum Gasteiger partial charge on any atom is -0.493 e. The summed E-state index contributed by atoms with van der Waals surface area (Å²) in [6, 6.07) is 8.70. The van der Waals surface area contributed by atoms with E-state index in [0.717, 1.165) is 31.9 Å². The van der Waals surface area contributed by atoms with E-state index in [-0.39, 0.29) is 0 Å². The Morgan fingerprint density at radius 2 is 2.29 bits per heavy atom. The maximum atomic E-state index is 5.73. The molecule has 3 rings (SSSR count). The molecule has 2 aromatic rings. The van der Waals surface area contributed by atoms with Crippen molar-refractivity contribution in [3.05, 3.63) is 47.8 Å². The van der Waals surface area contributed by atoms with Crippen LogP contribution in [-0.2, 0) is 6.54 Å². The number of aromatic nitrogens is 2. The van der Waals surface area contributed by atoms with Crippen LogP contribution < -0.4 is 10.1 Å². The number of hydrogen-bond donors (Lipinski definition) is 1. The molecule has 0 spiro atoms. The van der Waals surface area contributed by atoms with Crippen molar-refractivity contribution in [3.8, 4) is 5.75 Å². The molecule has 112 valence electrons. The summed E-state index contributed by atoms with van der Waals surface area (Å²) in [6.45, 7) is 6.98. The van der Waals surface area contributed by atoms with Crippen LogP contribution in [0.3, 0.4) is 0 Å². The second-order valence-corrected chi connectivity index (χ2v) is 5.65. The predicted molar refractivity (Wildman–Crippen MR) is 83.6 cm³/mol. The number of ether oxygens (including phenoxy) is 1. The molecule has 1 aromatic carbocycles. The van der Waals surface area contributed by atoms with Gasteiger partial charge in [-0.25, -0.2) is 0 Å². The molecular formula is C17H23N3O. The minimum atomic E-state index is 0.353. The fourth-order valence-electron chi connectivity index (χ4n) is 2.96. The summed E-state index contributed by atoms with van der Waals surface area (Å²) < 4.78 is 7.79. The molecule has 0 saturated carbocycles. The van der Waals surface area contributed by atoms with Crippen molar-refractivity contribution < 1.29 is 4.74 Å². The molecule has 1 N–H and O–H groups in total. The van der Waals surface area contributed by atoms with Gasteiger partial charge in [0.05, 0.1) is 12.8 Å². The largest absolute Gasteiger partial charge is 0.493 e. The molecule has 21 heavy (non-hydrogen) atoms. The number of nitrogens with one attached hydrogen (secondary N) is 1. The van der Waals surface area contributed by atoms with E-state index < -0.39 is 0 Å². The SMILES string of the molecule is CCNC(C)c1cnn(CC2CCOc3ccccc32)c1. The number of hydrogen-bond acceptors (Lipinski definition) is 3. The summed E-state index contributed by atoms with van der Waals surface area (Å²) in [5, 5.41) is 7.94. The highest BCUT2D eigenvalue weighted by atomic mass is 16.5. The van der Waals surface area contributed by atoms with E-state index in [9.17, 15) is 0 Å². The second-order valence-electron chi connectivity index (χ2n) is 5.65. The molecule has 1 aliphatic heterocycles. The van der Waals surface area contributed by atoms with Crippen LogP contribution in [0.2, 0.25) is 0 Å². The Hall–Kier alpha value is -1.81. The van der Waals surface area contributed by atoms with Crippen LogP contribution >= 0.6 is 0 Å². The summed E-state index contributed by atoms with van der Waals surface area (Å²) in [6.07, 6.45) is 5.18. The number of nitrogens with zero attached hydrogens (tertiary/aromatic N) is 2. The van der Waals surface area contributed by atoms with Crippen molar-refractivity contribution in [2.24, 2.45) is 0 Å². The van der Waals surface area contributed by atoms with Gasteiger partial charge in [0.1, 0.15) is 5.75 Å². The molecular weight excluding hydrogens is 262 g/mol. The van der Waals surface area contributed by atoms with Crippen LogP contribution in [0.25, 0.3) is 0 Å². The summed E-state index contributed by atoms with van der Waals surface area (Å²) in [4.78, 5) is 0. The van der Waals surface area contributed by atoms with E-state index in [1.807, 2.05) is 12.3 Å². The summed E-state index contributed by atoms with van der Waals surface area (Å²) in [5.74, 6) is 1.51. The topological polar surface area (TPSA) is 39.1 Å². The normalized spacial score (nSPS) is 18.9. The van der Waals surface area contributed by atoms with Gasteiger partial charge in [-0.05, 0) is 31.5 Å². The van der Waals surface area contributed by atoms with Gasteiger partial charge in [-0.1, -0.05) is 25.1 Å². The van der Waals surface area contributed by atoms with Crippen molar-refractivity contribution in [2.75, 3.05) is 13.2 Å². The zero-order valence-corrected chi connectivity index (χ0v) is 12.7. The highest BCUT2D eigenvalue weighted by molar-refractivity contribution is 5.37. The first kappa shape index (κ1) is 14.1. The first-order valence-electron chi connectivity index (χ1n) is 7.75. The second kappa shape index (κ2) is 6.31. The predicted octanol–water partition coefficient (Wildman–Crippen LogP) is 3.12. The average Bonchev–Trinajstić information content (AvgIpc) is 2.97. The Kier molecular flexibility index (Phi) is 4.25. The molecule has 2 atom stereocenters. The fraction of sp³-hybridized carbons (Fsp3) is 0.471. The highest BCUT2D eigenvalue weighted by Gasteiger charge is 2.21. The van der Waals surface area contributed by atoms with Crippen molar-refractivity contribution in [2.45, 2.75) is 38.8 Å². The molecule has 0 radical (unpaired) electrons. The van der Waals surface area contributed by atoms with Crippen LogP contribution in [0, 0.1) is 0 Å². The van der Waals surface area contributed by atoms with Gasteiger partial charge >= 0.3 is 0 Å². The molecule has 2 heterocycles. The molecule has 1 aromatic heterocycles. The molecule has 1 aliphatic rings. The zero-order chi connectivity index (χ0) is 14.7. The molecule has 2 unspecified atom stereocenters. The van der Waals surface area contributed by atoms with E-state index in [1.54, 1.807) is 0 Å². The smallest absolute Gasteiger partial charge is 0.122 e. The minimum absolute atomic E-state index is 0.353. The van der Waals surface area contributed by atoms with E-state index in [0.29, 0.717) is 12.0 Å². The number of rotatable bonds is 5. The molecule has 4 nitrogen and oxygen atoms in total. The molecule has 0 fully saturated rings. The zero-order valence-electron chi connectivity index (χ0n) is 12.7. The summed E-state index contributed by atoms with van der Waals surface area (Å²) in [7, 11) is 0. The van der Waals surface area contributed by atoms with Crippen LogP contribution in [0.5, 0.6) is 5.75 Å². The van der Waals surface area contributed by atoms with Crippen molar-refractivity contribution in [1.29, 1.82) is 0 Å². The maximum Gasteiger partial charge on any atom is 0.122 e.